The molecular weight excluding hydrogens is 244 g/mol. The Morgan fingerprint density at radius 1 is 1.16 bits per heavy atom. The predicted molar refractivity (Wildman–Crippen MR) is 73.1 cm³/mol. The highest BCUT2D eigenvalue weighted by Gasteiger charge is 2.13. The van der Waals surface area contributed by atoms with Crippen LogP contribution in [0.5, 0.6) is 0 Å². The van der Waals surface area contributed by atoms with Crippen molar-refractivity contribution in [1.29, 1.82) is 0 Å². The molecule has 0 aliphatic heterocycles. The van der Waals surface area contributed by atoms with Crippen LogP contribution in [-0.2, 0) is 9.59 Å². The van der Waals surface area contributed by atoms with Crippen LogP contribution in [0.15, 0.2) is 12.2 Å². The molecule has 0 heterocycles. The lowest BCUT2D eigenvalue weighted by atomic mass is 10.2. The fraction of sp³-hybridized carbons (Fsp3) is 0.714. The van der Waals surface area contributed by atoms with Gasteiger partial charge in [0.15, 0.2) is 0 Å². The average molecular weight is 270 g/mol. The third-order valence-electron chi connectivity index (χ3n) is 3.01. The lowest BCUT2D eigenvalue weighted by Gasteiger charge is -2.30. The summed E-state index contributed by atoms with van der Waals surface area (Å²) in [5, 5.41) is 13.1. The van der Waals surface area contributed by atoms with Crippen LogP contribution in [0, 0.1) is 0 Å². The third-order valence-corrected chi connectivity index (χ3v) is 3.01. The third kappa shape index (κ3) is 10.3. The van der Waals surface area contributed by atoms with Crippen molar-refractivity contribution >= 4 is 11.9 Å². The Labute approximate surface area is 115 Å². The van der Waals surface area contributed by atoms with E-state index in [9.17, 15) is 14.7 Å². The topological polar surface area (TPSA) is 69.2 Å². The number of carboxylic acid groups (broad SMARTS) is 1. The van der Waals surface area contributed by atoms with E-state index in [1.165, 1.54) is 0 Å². The van der Waals surface area contributed by atoms with Crippen LogP contribution in [0.3, 0.4) is 0 Å². The Morgan fingerprint density at radius 2 is 1.74 bits per heavy atom. The minimum atomic E-state index is -0.984. The van der Waals surface area contributed by atoms with E-state index in [2.05, 4.69) is 26.0 Å². The molecule has 0 unspecified atom stereocenters. The van der Waals surface area contributed by atoms with Crippen molar-refractivity contribution in [2.75, 3.05) is 33.7 Å². The van der Waals surface area contributed by atoms with Crippen LogP contribution in [0.2, 0.25) is 0 Å². The number of carboxylic acids is 1. The smallest absolute Gasteiger partial charge is 0.246 e. The van der Waals surface area contributed by atoms with Crippen molar-refractivity contribution in [3.63, 3.8) is 0 Å². The number of quaternary nitrogens is 1. The average Bonchev–Trinajstić information content (AvgIpc) is 2.27. The van der Waals surface area contributed by atoms with Crippen molar-refractivity contribution < 1.29 is 19.2 Å². The van der Waals surface area contributed by atoms with E-state index in [-0.39, 0.29) is 12.3 Å². The first-order valence-corrected chi connectivity index (χ1v) is 6.70. The van der Waals surface area contributed by atoms with Gasteiger partial charge in [0.1, 0.15) is 0 Å². The van der Waals surface area contributed by atoms with E-state index >= 15 is 0 Å². The second-order valence-corrected chi connectivity index (χ2v) is 5.60. The molecule has 0 aliphatic carbocycles. The van der Waals surface area contributed by atoms with E-state index in [1.54, 1.807) is 6.92 Å². The standard InChI is InChI=1S/C14H26N2O3/c1-12(2)14(19)15-9-5-6-10-16(3,4)11-7-8-13(17)18/h1,5-11H2,2-4H3,(H-,15,17,18,19). The summed E-state index contributed by atoms with van der Waals surface area (Å²) in [7, 11) is 4.17. The number of unbranched alkanes of at least 4 members (excludes halogenated alkanes) is 1. The number of carbonyl (C=O) groups excluding carboxylic acids is 2. The first-order valence-electron chi connectivity index (χ1n) is 6.70. The molecule has 0 saturated carbocycles. The van der Waals surface area contributed by atoms with Gasteiger partial charge in [0.2, 0.25) is 5.91 Å². The molecule has 0 aromatic rings. The Hall–Kier alpha value is -1.36. The Bertz CT molecular complexity index is 325. The Balaban J connectivity index is 3.66. The molecule has 0 aromatic heterocycles. The molecular formula is C14H26N2O3. The largest absolute Gasteiger partial charge is 0.550 e. The van der Waals surface area contributed by atoms with Gasteiger partial charge < -0.3 is 19.7 Å². The molecule has 0 aliphatic rings. The lowest BCUT2D eigenvalue weighted by molar-refractivity contribution is -0.890. The number of hydrogen-bond donors (Lipinski definition) is 1. The van der Waals surface area contributed by atoms with Crippen molar-refractivity contribution in [1.82, 2.24) is 5.32 Å². The zero-order chi connectivity index (χ0) is 14.9. The van der Waals surface area contributed by atoms with Gasteiger partial charge in [0.25, 0.3) is 0 Å². The summed E-state index contributed by atoms with van der Waals surface area (Å²) in [6, 6.07) is 0. The van der Waals surface area contributed by atoms with Crippen molar-refractivity contribution in [3.8, 4) is 0 Å². The van der Waals surface area contributed by atoms with E-state index in [4.69, 9.17) is 0 Å². The van der Waals surface area contributed by atoms with Crippen LogP contribution in [0.4, 0.5) is 0 Å². The minimum absolute atomic E-state index is 0.0947. The number of rotatable bonds is 10. The van der Waals surface area contributed by atoms with Gasteiger partial charge in [-0.05, 0) is 26.2 Å². The predicted octanol–water partition coefficient (Wildman–Crippen LogP) is 0.0654. The first kappa shape index (κ1) is 17.6. The van der Waals surface area contributed by atoms with E-state index in [1.807, 2.05) is 0 Å². The molecule has 19 heavy (non-hydrogen) atoms. The highest BCUT2D eigenvalue weighted by Crippen LogP contribution is 2.04. The minimum Gasteiger partial charge on any atom is -0.550 e. The summed E-state index contributed by atoms with van der Waals surface area (Å²) in [4.78, 5) is 21.6. The molecule has 5 nitrogen and oxygen atoms in total. The van der Waals surface area contributed by atoms with Gasteiger partial charge in [0.05, 0.1) is 27.2 Å². The van der Waals surface area contributed by atoms with Crippen LogP contribution in [0.25, 0.3) is 0 Å². The molecule has 0 aromatic carbocycles. The maximum Gasteiger partial charge on any atom is 0.246 e. The van der Waals surface area contributed by atoms with Gasteiger partial charge >= 0.3 is 0 Å². The van der Waals surface area contributed by atoms with E-state index in [0.29, 0.717) is 18.5 Å². The van der Waals surface area contributed by atoms with Gasteiger partial charge in [0, 0.05) is 24.5 Å². The summed E-state index contributed by atoms with van der Waals surface area (Å²) < 4.78 is 0.793. The van der Waals surface area contributed by atoms with E-state index < -0.39 is 5.97 Å². The zero-order valence-electron chi connectivity index (χ0n) is 12.3. The van der Waals surface area contributed by atoms with Crippen LogP contribution in [0.1, 0.15) is 32.6 Å². The number of amides is 1. The number of aliphatic carboxylic acids is 1. The molecule has 0 saturated heterocycles. The summed E-state index contributed by atoms with van der Waals surface area (Å²) in [6.07, 6.45) is 2.67. The fourth-order valence-corrected chi connectivity index (χ4v) is 1.78. The quantitative estimate of drug-likeness (QED) is 0.347. The number of hydrogen-bond acceptors (Lipinski definition) is 3. The van der Waals surface area contributed by atoms with Crippen molar-refractivity contribution in [3.05, 3.63) is 12.2 Å². The van der Waals surface area contributed by atoms with Crippen LogP contribution < -0.4 is 10.4 Å². The van der Waals surface area contributed by atoms with Crippen molar-refractivity contribution in [2.24, 2.45) is 0 Å². The summed E-state index contributed by atoms with van der Waals surface area (Å²) >= 11 is 0. The highest BCUT2D eigenvalue weighted by molar-refractivity contribution is 5.91. The monoisotopic (exact) mass is 270 g/mol. The summed E-state index contributed by atoms with van der Waals surface area (Å²) in [5.41, 5.74) is 0.526. The van der Waals surface area contributed by atoms with E-state index in [0.717, 1.165) is 30.4 Å². The second kappa shape index (κ2) is 8.69. The second-order valence-electron chi connectivity index (χ2n) is 5.60. The van der Waals surface area contributed by atoms with Gasteiger partial charge in [-0.3, -0.25) is 4.79 Å². The molecule has 0 spiro atoms. The molecule has 110 valence electrons. The number of nitrogens with zero attached hydrogens (tertiary/aromatic N) is 1. The fourth-order valence-electron chi connectivity index (χ4n) is 1.78. The zero-order valence-corrected chi connectivity index (χ0v) is 12.3. The lowest BCUT2D eigenvalue weighted by Crippen LogP contribution is -2.42. The highest BCUT2D eigenvalue weighted by atomic mass is 16.4. The Kier molecular flexibility index (Phi) is 8.07. The first-order chi connectivity index (χ1) is 8.74. The van der Waals surface area contributed by atoms with Gasteiger partial charge in [-0.25, -0.2) is 0 Å². The van der Waals surface area contributed by atoms with Gasteiger partial charge in [-0.1, -0.05) is 6.58 Å². The van der Waals surface area contributed by atoms with Gasteiger partial charge in [-0.2, -0.15) is 0 Å². The normalized spacial score (nSPS) is 11.1. The maximum atomic E-state index is 11.2. The van der Waals surface area contributed by atoms with Crippen LogP contribution >= 0.6 is 0 Å². The summed E-state index contributed by atoms with van der Waals surface area (Å²) in [5.74, 6) is -1.08. The number of nitrogens with one attached hydrogen (secondary N) is 1. The van der Waals surface area contributed by atoms with Crippen molar-refractivity contribution in [2.45, 2.75) is 32.6 Å². The molecule has 1 N–H and O–H groups in total. The Morgan fingerprint density at radius 3 is 2.26 bits per heavy atom. The van der Waals surface area contributed by atoms with Crippen LogP contribution in [-0.4, -0.2) is 50.1 Å². The maximum absolute atomic E-state index is 11.2. The molecule has 0 bridgehead atoms. The summed E-state index contributed by atoms with van der Waals surface area (Å²) in [6.45, 7) is 7.71. The molecule has 0 fully saturated rings. The molecule has 0 radical (unpaired) electrons. The SMILES string of the molecule is C=C(C)C(=O)NCCCC[N+](C)(C)CCCC(=O)[O-]. The molecule has 1 amide bonds. The molecule has 0 rings (SSSR count). The van der Waals surface area contributed by atoms with Gasteiger partial charge in [-0.15, -0.1) is 0 Å². The molecule has 5 heteroatoms. The number of carbonyl (C=O) groups is 2. The molecule has 0 atom stereocenters.